The van der Waals surface area contributed by atoms with Gasteiger partial charge in [-0.25, -0.2) is 4.98 Å². The molecule has 0 aliphatic rings. The molecule has 2 unspecified atom stereocenters. The van der Waals surface area contributed by atoms with Crippen molar-refractivity contribution in [3.05, 3.63) is 101 Å². The molecule has 4 rings (SSSR count). The lowest BCUT2D eigenvalue weighted by Crippen LogP contribution is -2.33. The van der Waals surface area contributed by atoms with Crippen LogP contribution in [0.5, 0.6) is 0 Å². The summed E-state index contributed by atoms with van der Waals surface area (Å²) in [5.41, 5.74) is 8.00. The van der Waals surface area contributed by atoms with Crippen LogP contribution < -0.4 is 5.73 Å². The highest BCUT2D eigenvalue weighted by molar-refractivity contribution is 7.99. The maximum absolute atomic E-state index is 12.0. The highest BCUT2D eigenvalue weighted by atomic mass is 32.2. The van der Waals surface area contributed by atoms with Gasteiger partial charge in [0.2, 0.25) is 11.8 Å². The summed E-state index contributed by atoms with van der Waals surface area (Å²) in [5.74, 6) is 0.311. The smallest absolute Gasteiger partial charge is 0.227 e. The fourth-order valence-electron chi connectivity index (χ4n) is 4.12. The zero-order chi connectivity index (χ0) is 24.7. The normalized spacial score (nSPS) is 13.7. The summed E-state index contributed by atoms with van der Waals surface area (Å²) in [5, 5.41) is 21.1. The number of rotatable bonds is 11. The first-order valence-electron chi connectivity index (χ1n) is 11.5. The van der Waals surface area contributed by atoms with Crippen LogP contribution in [-0.4, -0.2) is 21.2 Å². The molecule has 0 aliphatic carbocycles. The molecule has 0 saturated carbocycles. The van der Waals surface area contributed by atoms with Crippen molar-refractivity contribution < 1.29 is 14.3 Å². The predicted octanol–water partition coefficient (Wildman–Crippen LogP) is 5.09. The van der Waals surface area contributed by atoms with E-state index in [1.54, 1.807) is 6.07 Å². The quantitative estimate of drug-likeness (QED) is 0.306. The van der Waals surface area contributed by atoms with Crippen LogP contribution in [0.2, 0.25) is 0 Å². The van der Waals surface area contributed by atoms with Crippen LogP contribution in [0.15, 0.2) is 83.3 Å². The molecule has 0 saturated heterocycles. The van der Waals surface area contributed by atoms with Crippen molar-refractivity contribution in [2.75, 3.05) is 0 Å². The Morgan fingerprint density at radius 3 is 2.54 bits per heavy atom. The first kappa shape index (κ1) is 24.5. The van der Waals surface area contributed by atoms with E-state index in [4.69, 9.17) is 10.2 Å². The lowest BCUT2D eigenvalue weighted by molar-refractivity contribution is -0.118. The number of nitriles is 1. The largest absolute Gasteiger partial charge is 0.438 e. The first-order valence-corrected chi connectivity index (χ1v) is 12.5. The number of carbonyl (C=O) groups is 1. The topological polar surface area (TPSA) is 113 Å². The second-order valence-corrected chi connectivity index (χ2v) is 9.87. The van der Waals surface area contributed by atoms with Gasteiger partial charge in [0.25, 0.3) is 0 Å². The van der Waals surface area contributed by atoms with E-state index >= 15 is 0 Å². The molecule has 1 heterocycles. The van der Waals surface area contributed by atoms with E-state index < -0.39 is 11.5 Å². The SMILES string of the molecule is N#Cc1ccccc1CSC(CC(N)=O)CC(O)(CCc1ccccc1)c1nc2ccccc2o1. The molecular formula is C28H27N3O3S. The second-order valence-electron chi connectivity index (χ2n) is 8.58. The van der Waals surface area contributed by atoms with Gasteiger partial charge in [0, 0.05) is 17.4 Å². The van der Waals surface area contributed by atoms with Crippen molar-refractivity contribution in [1.82, 2.24) is 4.98 Å². The molecule has 0 bridgehead atoms. The zero-order valence-electron chi connectivity index (χ0n) is 19.3. The summed E-state index contributed by atoms with van der Waals surface area (Å²) >= 11 is 1.50. The van der Waals surface area contributed by atoms with Crippen LogP contribution in [0.25, 0.3) is 11.1 Å². The number of primary amides is 1. The summed E-state index contributed by atoms with van der Waals surface area (Å²) in [4.78, 5) is 16.5. The van der Waals surface area contributed by atoms with Crippen molar-refractivity contribution in [1.29, 1.82) is 5.26 Å². The Morgan fingerprint density at radius 2 is 1.80 bits per heavy atom. The molecule has 0 aliphatic heterocycles. The summed E-state index contributed by atoms with van der Waals surface area (Å²) < 4.78 is 6.00. The second kappa shape index (κ2) is 11.2. The molecular weight excluding hydrogens is 458 g/mol. The number of benzene rings is 3. The third-order valence-electron chi connectivity index (χ3n) is 5.97. The Labute approximate surface area is 208 Å². The van der Waals surface area contributed by atoms with Crippen LogP contribution >= 0.6 is 11.8 Å². The van der Waals surface area contributed by atoms with Gasteiger partial charge in [-0.2, -0.15) is 17.0 Å². The minimum atomic E-state index is -1.41. The minimum absolute atomic E-state index is 0.0905. The lowest BCUT2D eigenvalue weighted by atomic mass is 9.89. The molecule has 178 valence electrons. The highest BCUT2D eigenvalue weighted by Gasteiger charge is 2.38. The average molecular weight is 486 g/mol. The van der Waals surface area contributed by atoms with Gasteiger partial charge in [0.1, 0.15) is 11.1 Å². The summed E-state index contributed by atoms with van der Waals surface area (Å²) in [6.07, 6.45) is 1.30. The summed E-state index contributed by atoms with van der Waals surface area (Å²) in [6.45, 7) is 0. The number of oxazole rings is 1. The summed E-state index contributed by atoms with van der Waals surface area (Å²) in [6, 6.07) is 26.9. The van der Waals surface area contributed by atoms with Crippen LogP contribution in [0.3, 0.4) is 0 Å². The van der Waals surface area contributed by atoms with Gasteiger partial charge < -0.3 is 15.3 Å². The molecule has 3 aromatic carbocycles. The Kier molecular flexibility index (Phi) is 7.86. The number of para-hydroxylation sites is 2. The molecule has 0 fully saturated rings. The molecule has 2 atom stereocenters. The molecule has 35 heavy (non-hydrogen) atoms. The van der Waals surface area contributed by atoms with Crippen molar-refractivity contribution in [2.24, 2.45) is 5.73 Å². The van der Waals surface area contributed by atoms with Crippen LogP contribution in [0.4, 0.5) is 0 Å². The third kappa shape index (κ3) is 6.30. The van der Waals surface area contributed by atoms with Gasteiger partial charge >= 0.3 is 0 Å². The van der Waals surface area contributed by atoms with E-state index in [1.165, 1.54) is 11.8 Å². The maximum atomic E-state index is 12.0. The van der Waals surface area contributed by atoms with Gasteiger partial charge in [0.15, 0.2) is 5.58 Å². The number of carbonyl (C=O) groups excluding carboxylic acids is 1. The molecule has 1 aromatic heterocycles. The van der Waals surface area contributed by atoms with Crippen molar-refractivity contribution in [3.8, 4) is 6.07 Å². The predicted molar refractivity (Wildman–Crippen MR) is 137 cm³/mol. The molecule has 0 radical (unpaired) electrons. The average Bonchev–Trinajstić information content (AvgIpc) is 3.32. The number of nitrogens with two attached hydrogens (primary N) is 1. The number of thioether (sulfide) groups is 1. The van der Waals surface area contributed by atoms with E-state index in [2.05, 4.69) is 11.1 Å². The number of hydrogen-bond acceptors (Lipinski definition) is 6. The fraction of sp³-hybridized carbons (Fsp3) is 0.250. The molecule has 4 aromatic rings. The highest BCUT2D eigenvalue weighted by Crippen LogP contribution is 2.38. The Balaban J connectivity index is 1.61. The number of aliphatic hydroxyl groups is 1. The van der Waals surface area contributed by atoms with E-state index in [-0.39, 0.29) is 24.0 Å². The number of hydrogen-bond donors (Lipinski definition) is 2. The number of aromatic nitrogens is 1. The van der Waals surface area contributed by atoms with Crippen molar-refractivity contribution >= 4 is 28.8 Å². The monoisotopic (exact) mass is 485 g/mol. The van der Waals surface area contributed by atoms with Gasteiger partial charge in [-0.1, -0.05) is 60.7 Å². The van der Waals surface area contributed by atoms with E-state index in [0.29, 0.717) is 35.3 Å². The number of aryl methyl sites for hydroxylation is 1. The minimum Gasteiger partial charge on any atom is -0.438 e. The van der Waals surface area contributed by atoms with Crippen LogP contribution in [0, 0.1) is 11.3 Å². The van der Waals surface area contributed by atoms with E-state index in [1.807, 2.05) is 72.8 Å². The standard InChI is InChI=1S/C28H27N3O3S/c29-18-21-10-4-5-11-22(21)19-35-23(16-26(30)32)17-28(33,15-14-20-8-2-1-3-9-20)27-31-24-12-6-7-13-25(24)34-27/h1-13,23,33H,14-17,19H2,(H2,30,32). The van der Waals surface area contributed by atoms with Gasteiger partial charge in [-0.05, 0) is 48.6 Å². The summed E-state index contributed by atoms with van der Waals surface area (Å²) in [7, 11) is 0. The fourth-order valence-corrected chi connectivity index (χ4v) is 5.46. The van der Waals surface area contributed by atoms with Crippen LogP contribution in [0.1, 0.15) is 41.8 Å². The van der Waals surface area contributed by atoms with Crippen molar-refractivity contribution in [3.63, 3.8) is 0 Å². The molecule has 6 nitrogen and oxygen atoms in total. The van der Waals surface area contributed by atoms with E-state index in [9.17, 15) is 15.2 Å². The van der Waals surface area contributed by atoms with Gasteiger partial charge in [-0.15, -0.1) is 0 Å². The van der Waals surface area contributed by atoms with Crippen molar-refractivity contribution in [2.45, 2.75) is 42.3 Å². The van der Waals surface area contributed by atoms with Gasteiger partial charge in [-0.3, -0.25) is 4.79 Å². The number of fused-ring (bicyclic) bond motifs is 1. The number of amides is 1. The third-order valence-corrected chi connectivity index (χ3v) is 7.25. The Morgan fingerprint density at radius 1 is 1.09 bits per heavy atom. The maximum Gasteiger partial charge on any atom is 0.227 e. The zero-order valence-corrected chi connectivity index (χ0v) is 20.1. The lowest BCUT2D eigenvalue weighted by Gasteiger charge is -2.29. The molecule has 3 N–H and O–H groups in total. The van der Waals surface area contributed by atoms with Crippen LogP contribution in [-0.2, 0) is 22.6 Å². The Hall–Kier alpha value is -3.60. The number of nitrogens with zero attached hydrogens (tertiary/aromatic N) is 2. The molecule has 7 heteroatoms. The Bertz CT molecular complexity index is 1300. The van der Waals surface area contributed by atoms with E-state index in [0.717, 1.165) is 11.1 Å². The molecule has 0 spiro atoms. The molecule has 1 amide bonds. The first-order chi connectivity index (χ1) is 17.0. The van der Waals surface area contributed by atoms with Gasteiger partial charge in [0.05, 0.1) is 11.6 Å².